The van der Waals surface area contributed by atoms with Crippen molar-refractivity contribution in [3.63, 3.8) is 0 Å². The van der Waals surface area contributed by atoms with Crippen LogP contribution in [0.2, 0.25) is 10.0 Å². The Morgan fingerprint density at radius 1 is 0.963 bits per heavy atom. The number of methoxy groups -OCH3 is 1. The summed E-state index contributed by atoms with van der Waals surface area (Å²) >= 11 is 13.8. The second kappa shape index (κ2) is 7.77. The molecule has 4 aromatic rings. The Morgan fingerprint density at radius 2 is 1.81 bits per heavy atom. The zero-order valence-electron chi connectivity index (χ0n) is 14.4. The van der Waals surface area contributed by atoms with Gasteiger partial charge in [-0.3, -0.25) is 0 Å². The molecule has 4 rings (SSSR count). The monoisotopic (exact) mass is 415 g/mol. The van der Waals surface area contributed by atoms with E-state index in [2.05, 4.69) is 6.07 Å². The predicted molar refractivity (Wildman–Crippen MR) is 112 cm³/mol. The molecule has 0 saturated heterocycles. The van der Waals surface area contributed by atoms with Gasteiger partial charge in [-0.25, -0.2) is 4.98 Å². The van der Waals surface area contributed by atoms with Gasteiger partial charge in [0, 0.05) is 21.2 Å². The number of para-hydroxylation sites is 1. The molecule has 0 aliphatic carbocycles. The molecular weight excluding hydrogens is 401 g/mol. The molecule has 0 bridgehead atoms. The van der Waals surface area contributed by atoms with Gasteiger partial charge in [-0.15, -0.1) is 11.3 Å². The minimum atomic E-state index is 0.315. The minimum absolute atomic E-state index is 0.315. The van der Waals surface area contributed by atoms with Gasteiger partial charge in [0.25, 0.3) is 0 Å². The molecule has 1 aromatic heterocycles. The molecule has 0 amide bonds. The molecular formula is C21H15Cl2NO2S. The largest absolute Gasteiger partial charge is 0.493 e. The van der Waals surface area contributed by atoms with Gasteiger partial charge < -0.3 is 9.47 Å². The summed E-state index contributed by atoms with van der Waals surface area (Å²) in [6.07, 6.45) is 0. The molecule has 3 aromatic carbocycles. The first-order valence-electron chi connectivity index (χ1n) is 8.25. The van der Waals surface area contributed by atoms with Crippen LogP contribution in [0.5, 0.6) is 11.5 Å². The highest BCUT2D eigenvalue weighted by Gasteiger charge is 2.12. The average Bonchev–Trinajstić information content (AvgIpc) is 3.11. The average molecular weight is 416 g/mol. The maximum absolute atomic E-state index is 6.24. The lowest BCUT2D eigenvalue weighted by Gasteiger charge is -2.12. The fraction of sp³-hybridized carbons (Fsp3) is 0.0952. The van der Waals surface area contributed by atoms with Gasteiger partial charge in [0.2, 0.25) is 0 Å². The highest BCUT2D eigenvalue weighted by atomic mass is 35.5. The van der Waals surface area contributed by atoms with Crippen molar-refractivity contribution in [2.45, 2.75) is 6.61 Å². The van der Waals surface area contributed by atoms with Crippen molar-refractivity contribution in [2.24, 2.45) is 0 Å². The summed E-state index contributed by atoms with van der Waals surface area (Å²) in [6, 6.07) is 19.3. The van der Waals surface area contributed by atoms with Crippen molar-refractivity contribution < 1.29 is 9.47 Å². The number of halogens is 2. The molecule has 0 unspecified atom stereocenters. The lowest BCUT2D eigenvalue weighted by molar-refractivity contribution is 0.285. The number of aromatic nitrogens is 1. The summed E-state index contributed by atoms with van der Waals surface area (Å²) in [5.41, 5.74) is 2.83. The summed E-state index contributed by atoms with van der Waals surface area (Å²) in [5, 5.41) is 2.11. The molecule has 0 spiro atoms. The minimum Gasteiger partial charge on any atom is -0.493 e. The van der Waals surface area contributed by atoms with Crippen LogP contribution >= 0.6 is 34.5 Å². The van der Waals surface area contributed by atoms with Gasteiger partial charge in [0.1, 0.15) is 11.6 Å². The highest BCUT2D eigenvalue weighted by Crippen LogP contribution is 2.36. The molecule has 0 aliphatic rings. The Morgan fingerprint density at radius 3 is 2.59 bits per heavy atom. The summed E-state index contributed by atoms with van der Waals surface area (Å²) < 4.78 is 12.6. The highest BCUT2D eigenvalue weighted by molar-refractivity contribution is 7.21. The number of hydrogen-bond acceptors (Lipinski definition) is 4. The van der Waals surface area contributed by atoms with E-state index in [1.165, 1.54) is 0 Å². The van der Waals surface area contributed by atoms with Crippen LogP contribution in [-0.2, 0) is 6.61 Å². The molecule has 0 aliphatic heterocycles. The number of ether oxygens (including phenoxy) is 2. The number of benzene rings is 3. The zero-order valence-corrected chi connectivity index (χ0v) is 16.7. The Kier molecular flexibility index (Phi) is 5.21. The van der Waals surface area contributed by atoms with Gasteiger partial charge in [-0.1, -0.05) is 41.4 Å². The Hall–Kier alpha value is -2.27. The molecule has 0 atom stereocenters. The van der Waals surface area contributed by atoms with E-state index < -0.39 is 0 Å². The van der Waals surface area contributed by atoms with Gasteiger partial charge in [-0.05, 0) is 42.5 Å². The second-order valence-corrected chi connectivity index (χ2v) is 7.75. The lowest BCUT2D eigenvalue weighted by Crippen LogP contribution is -1.98. The maximum Gasteiger partial charge on any atom is 0.162 e. The fourth-order valence-corrected chi connectivity index (χ4v) is 4.14. The number of rotatable bonds is 5. The normalized spacial score (nSPS) is 10.9. The van der Waals surface area contributed by atoms with E-state index in [1.807, 2.05) is 42.5 Å². The first kappa shape index (κ1) is 18.1. The fourth-order valence-electron chi connectivity index (χ4n) is 2.71. The van der Waals surface area contributed by atoms with Crippen molar-refractivity contribution in [3.05, 3.63) is 76.3 Å². The van der Waals surface area contributed by atoms with Gasteiger partial charge in [0.15, 0.2) is 11.5 Å². The second-order valence-electron chi connectivity index (χ2n) is 5.88. The van der Waals surface area contributed by atoms with Gasteiger partial charge >= 0.3 is 0 Å². The first-order valence-corrected chi connectivity index (χ1v) is 9.82. The van der Waals surface area contributed by atoms with Crippen molar-refractivity contribution in [1.82, 2.24) is 4.98 Å². The van der Waals surface area contributed by atoms with Crippen LogP contribution < -0.4 is 9.47 Å². The third-order valence-corrected chi connectivity index (χ3v) is 5.78. The van der Waals surface area contributed by atoms with E-state index in [0.29, 0.717) is 28.2 Å². The summed E-state index contributed by atoms with van der Waals surface area (Å²) in [5.74, 6) is 1.30. The van der Waals surface area contributed by atoms with E-state index in [0.717, 1.165) is 26.4 Å². The standard InChI is InChI=1S/C21H15Cl2NO2S/c1-25-18-9-7-13(21-24-17-4-2-3-5-20(17)27-21)10-19(18)26-12-14-6-8-15(22)11-16(14)23/h2-11H,12H2,1H3. The number of nitrogens with zero attached hydrogens (tertiary/aromatic N) is 1. The van der Waals surface area contributed by atoms with Crippen molar-refractivity contribution in [3.8, 4) is 22.1 Å². The first-order chi connectivity index (χ1) is 13.1. The van der Waals surface area contributed by atoms with Crippen molar-refractivity contribution in [2.75, 3.05) is 7.11 Å². The Bertz CT molecular complexity index is 1080. The molecule has 0 saturated carbocycles. The smallest absolute Gasteiger partial charge is 0.162 e. The summed E-state index contributed by atoms with van der Waals surface area (Å²) in [4.78, 5) is 4.71. The van der Waals surface area contributed by atoms with Gasteiger partial charge in [0.05, 0.1) is 17.3 Å². The van der Waals surface area contributed by atoms with Crippen LogP contribution in [0.4, 0.5) is 0 Å². The van der Waals surface area contributed by atoms with E-state index in [4.69, 9.17) is 37.7 Å². The van der Waals surface area contributed by atoms with Crippen LogP contribution in [0.15, 0.2) is 60.7 Å². The van der Waals surface area contributed by atoms with E-state index in [1.54, 1.807) is 30.6 Å². The Balaban J connectivity index is 1.64. The predicted octanol–water partition coefficient (Wildman–Crippen LogP) is 6.86. The Labute approximate surface area is 171 Å². The summed E-state index contributed by atoms with van der Waals surface area (Å²) in [6.45, 7) is 0.315. The lowest BCUT2D eigenvalue weighted by atomic mass is 10.2. The number of hydrogen-bond donors (Lipinski definition) is 0. The maximum atomic E-state index is 6.24. The van der Waals surface area contributed by atoms with Crippen molar-refractivity contribution in [1.29, 1.82) is 0 Å². The molecule has 0 radical (unpaired) electrons. The van der Waals surface area contributed by atoms with Crippen LogP contribution in [0.3, 0.4) is 0 Å². The van der Waals surface area contributed by atoms with E-state index >= 15 is 0 Å². The molecule has 3 nitrogen and oxygen atoms in total. The van der Waals surface area contributed by atoms with E-state index in [-0.39, 0.29) is 0 Å². The van der Waals surface area contributed by atoms with Crippen LogP contribution in [-0.4, -0.2) is 12.1 Å². The third-order valence-electron chi connectivity index (χ3n) is 4.10. The zero-order chi connectivity index (χ0) is 18.8. The summed E-state index contributed by atoms with van der Waals surface area (Å²) in [7, 11) is 1.62. The van der Waals surface area contributed by atoms with Crippen LogP contribution in [0.25, 0.3) is 20.8 Å². The van der Waals surface area contributed by atoms with E-state index in [9.17, 15) is 0 Å². The molecule has 27 heavy (non-hydrogen) atoms. The quantitative estimate of drug-likeness (QED) is 0.356. The molecule has 0 N–H and O–H groups in total. The molecule has 0 fully saturated rings. The number of fused-ring (bicyclic) bond motifs is 1. The number of thiazole rings is 1. The molecule has 1 heterocycles. The SMILES string of the molecule is COc1ccc(-c2nc3ccccc3s2)cc1OCc1ccc(Cl)cc1Cl. The third kappa shape index (κ3) is 3.88. The molecule has 6 heteroatoms. The van der Waals surface area contributed by atoms with Crippen LogP contribution in [0.1, 0.15) is 5.56 Å². The van der Waals surface area contributed by atoms with Crippen LogP contribution in [0, 0.1) is 0 Å². The van der Waals surface area contributed by atoms with Gasteiger partial charge in [-0.2, -0.15) is 0 Å². The molecule has 136 valence electrons. The van der Waals surface area contributed by atoms with Crippen molar-refractivity contribution >= 4 is 44.8 Å². The topological polar surface area (TPSA) is 31.4 Å².